The summed E-state index contributed by atoms with van der Waals surface area (Å²) in [4.78, 5) is 0. The molecule has 0 saturated carbocycles. The highest BCUT2D eigenvalue weighted by molar-refractivity contribution is 7.83. The molecule has 6 heteroatoms. The Balaban J connectivity index is 1.96. The number of rotatable bonds is 4. The van der Waals surface area contributed by atoms with Gasteiger partial charge in [-0.1, -0.05) is 64.5 Å². The van der Waals surface area contributed by atoms with E-state index in [0.717, 1.165) is 15.4 Å². The van der Waals surface area contributed by atoms with E-state index in [2.05, 4.69) is 0 Å². The first kappa shape index (κ1) is 17.1. The zero-order valence-corrected chi connectivity index (χ0v) is 14.0. The lowest BCUT2D eigenvalue weighted by Gasteiger charge is -2.41. The predicted molar refractivity (Wildman–Crippen MR) is 90.2 cm³/mol. The van der Waals surface area contributed by atoms with Gasteiger partial charge in [-0.25, -0.2) is 0 Å². The first-order chi connectivity index (χ1) is 11.4. The highest BCUT2D eigenvalue weighted by Crippen LogP contribution is 2.42. The number of piperidine rings is 1. The second kappa shape index (κ2) is 6.63. The third kappa shape index (κ3) is 3.22. The monoisotopic (exact) mass is 349 g/mol. The van der Waals surface area contributed by atoms with Crippen LogP contribution in [0.4, 0.5) is 3.89 Å². The summed E-state index contributed by atoms with van der Waals surface area (Å²) in [5, 5.41) is 11.6. The first-order valence-electron chi connectivity index (χ1n) is 7.95. The van der Waals surface area contributed by atoms with Gasteiger partial charge in [0.05, 0.1) is 0 Å². The summed E-state index contributed by atoms with van der Waals surface area (Å²) in [6, 6.07) is 18.7. The standard InChI is InChI=1S/C18H20FNO3S/c19-24(22,23)20-13-11-17(12-14-20)18(21,15-7-3-1-4-8-15)16-9-5-2-6-10-16/h1-10,17,21H,11-14H2. The van der Waals surface area contributed by atoms with Crippen LogP contribution in [0, 0.1) is 5.92 Å². The Morgan fingerprint density at radius 3 is 1.71 bits per heavy atom. The Kier molecular flexibility index (Phi) is 4.71. The molecule has 24 heavy (non-hydrogen) atoms. The largest absolute Gasteiger partial charge is 0.380 e. The van der Waals surface area contributed by atoms with E-state index in [1.165, 1.54) is 0 Å². The first-order valence-corrected chi connectivity index (χ1v) is 9.29. The van der Waals surface area contributed by atoms with Crippen LogP contribution in [0.1, 0.15) is 24.0 Å². The van der Waals surface area contributed by atoms with Gasteiger partial charge in [0.15, 0.2) is 0 Å². The van der Waals surface area contributed by atoms with E-state index in [-0.39, 0.29) is 19.0 Å². The summed E-state index contributed by atoms with van der Waals surface area (Å²) in [5.41, 5.74) is 0.296. The molecule has 0 bridgehead atoms. The van der Waals surface area contributed by atoms with E-state index in [4.69, 9.17) is 0 Å². The van der Waals surface area contributed by atoms with E-state index >= 15 is 0 Å². The molecular formula is C18H20FNO3S. The molecule has 0 atom stereocenters. The summed E-state index contributed by atoms with van der Waals surface area (Å²) in [6.45, 7) is 0.150. The average Bonchev–Trinajstić information content (AvgIpc) is 2.62. The molecule has 0 radical (unpaired) electrons. The van der Waals surface area contributed by atoms with Gasteiger partial charge < -0.3 is 5.11 Å². The van der Waals surface area contributed by atoms with Crippen molar-refractivity contribution in [3.63, 3.8) is 0 Å². The number of nitrogens with zero attached hydrogens (tertiary/aromatic N) is 1. The van der Waals surface area contributed by atoms with Gasteiger partial charge in [0.25, 0.3) is 0 Å². The molecule has 2 aromatic rings. The van der Waals surface area contributed by atoms with Crippen molar-refractivity contribution >= 4 is 10.4 Å². The number of aliphatic hydroxyl groups is 1. The highest BCUT2D eigenvalue weighted by atomic mass is 32.3. The number of benzene rings is 2. The Hall–Kier alpha value is -1.76. The summed E-state index contributed by atoms with van der Waals surface area (Å²) >= 11 is 0. The van der Waals surface area contributed by atoms with E-state index in [1.807, 2.05) is 60.7 Å². The minimum absolute atomic E-state index is 0.0749. The molecular weight excluding hydrogens is 329 g/mol. The third-order valence-corrected chi connectivity index (χ3v) is 5.76. The van der Waals surface area contributed by atoms with Gasteiger partial charge in [-0.05, 0) is 29.9 Å². The minimum Gasteiger partial charge on any atom is -0.380 e. The smallest absolute Gasteiger partial charge is 0.374 e. The van der Waals surface area contributed by atoms with Crippen molar-refractivity contribution in [3.8, 4) is 0 Å². The Bertz CT molecular complexity index is 733. The number of hydrogen-bond donors (Lipinski definition) is 1. The molecule has 3 rings (SSSR count). The average molecular weight is 349 g/mol. The molecule has 0 aliphatic carbocycles. The lowest BCUT2D eigenvalue weighted by Crippen LogP contribution is -2.45. The maximum Gasteiger partial charge on any atom is 0.374 e. The third-order valence-electron chi connectivity index (χ3n) is 4.78. The summed E-state index contributed by atoms with van der Waals surface area (Å²) in [6.07, 6.45) is 0.785. The Morgan fingerprint density at radius 1 is 0.917 bits per heavy atom. The summed E-state index contributed by atoms with van der Waals surface area (Å²) in [5.74, 6) is -0.194. The number of hydrogen-bond acceptors (Lipinski definition) is 3. The molecule has 0 aromatic heterocycles. The van der Waals surface area contributed by atoms with Crippen LogP contribution < -0.4 is 0 Å². The molecule has 128 valence electrons. The quantitative estimate of drug-likeness (QED) is 0.864. The molecule has 1 aliphatic heterocycles. The van der Waals surface area contributed by atoms with Crippen LogP contribution in [0.2, 0.25) is 0 Å². The van der Waals surface area contributed by atoms with Crippen LogP contribution in [-0.4, -0.2) is 30.9 Å². The predicted octanol–water partition coefficient (Wildman–Crippen LogP) is 2.85. The fraction of sp³-hybridized carbons (Fsp3) is 0.333. The second-order valence-electron chi connectivity index (χ2n) is 6.11. The van der Waals surface area contributed by atoms with E-state index in [1.54, 1.807) is 0 Å². The molecule has 0 spiro atoms. The zero-order valence-electron chi connectivity index (χ0n) is 13.2. The van der Waals surface area contributed by atoms with Gasteiger partial charge in [0.1, 0.15) is 5.60 Å². The number of halogens is 1. The van der Waals surface area contributed by atoms with Gasteiger partial charge >= 0.3 is 10.4 Å². The van der Waals surface area contributed by atoms with Crippen LogP contribution in [0.15, 0.2) is 60.7 Å². The molecule has 1 N–H and O–H groups in total. The van der Waals surface area contributed by atoms with Crippen molar-refractivity contribution in [2.45, 2.75) is 18.4 Å². The summed E-state index contributed by atoms with van der Waals surface area (Å²) < 4.78 is 36.2. The van der Waals surface area contributed by atoms with E-state index in [0.29, 0.717) is 12.8 Å². The maximum atomic E-state index is 13.2. The lowest BCUT2D eigenvalue weighted by molar-refractivity contribution is -0.00570. The van der Waals surface area contributed by atoms with Crippen molar-refractivity contribution in [2.24, 2.45) is 5.92 Å². The Labute approximate surface area is 141 Å². The van der Waals surface area contributed by atoms with Crippen LogP contribution >= 0.6 is 0 Å². The normalized spacial score (nSPS) is 17.8. The van der Waals surface area contributed by atoms with Gasteiger partial charge in [-0.15, -0.1) is 0 Å². The van der Waals surface area contributed by atoms with Gasteiger partial charge in [-0.2, -0.15) is 12.7 Å². The van der Waals surface area contributed by atoms with Crippen LogP contribution in [0.3, 0.4) is 0 Å². The van der Waals surface area contributed by atoms with Gasteiger partial charge in [-0.3, -0.25) is 0 Å². The summed E-state index contributed by atoms with van der Waals surface area (Å²) in [7, 11) is -4.67. The molecule has 1 aliphatic rings. The van der Waals surface area contributed by atoms with Crippen molar-refractivity contribution in [3.05, 3.63) is 71.8 Å². The van der Waals surface area contributed by atoms with E-state index < -0.39 is 16.0 Å². The molecule has 2 aromatic carbocycles. The van der Waals surface area contributed by atoms with Gasteiger partial charge in [0, 0.05) is 13.1 Å². The van der Waals surface area contributed by atoms with Crippen molar-refractivity contribution in [2.75, 3.05) is 13.1 Å². The molecule has 1 saturated heterocycles. The SMILES string of the molecule is O=S(=O)(F)N1CCC(C(O)(c2ccccc2)c2ccccc2)CC1. The van der Waals surface area contributed by atoms with Crippen molar-refractivity contribution < 1.29 is 17.4 Å². The van der Waals surface area contributed by atoms with Crippen molar-refractivity contribution in [1.29, 1.82) is 0 Å². The van der Waals surface area contributed by atoms with Crippen LogP contribution in [-0.2, 0) is 16.0 Å². The second-order valence-corrected chi connectivity index (χ2v) is 7.45. The molecule has 1 heterocycles. The molecule has 0 unspecified atom stereocenters. The fourth-order valence-corrected chi connectivity index (χ4v) is 4.16. The fourth-order valence-electron chi connectivity index (χ4n) is 3.51. The van der Waals surface area contributed by atoms with Crippen LogP contribution in [0.25, 0.3) is 0 Å². The molecule has 1 fully saturated rings. The maximum absolute atomic E-state index is 13.2. The van der Waals surface area contributed by atoms with E-state index in [9.17, 15) is 17.4 Å². The molecule has 4 nitrogen and oxygen atoms in total. The molecule has 0 amide bonds. The van der Waals surface area contributed by atoms with Crippen molar-refractivity contribution in [1.82, 2.24) is 4.31 Å². The topological polar surface area (TPSA) is 57.6 Å². The van der Waals surface area contributed by atoms with Gasteiger partial charge in [0.2, 0.25) is 0 Å². The minimum atomic E-state index is -4.67. The zero-order chi connectivity index (χ0) is 17.2. The highest BCUT2D eigenvalue weighted by Gasteiger charge is 2.42. The Morgan fingerprint density at radius 2 is 1.33 bits per heavy atom. The van der Waals surface area contributed by atoms with Crippen LogP contribution in [0.5, 0.6) is 0 Å². The lowest BCUT2D eigenvalue weighted by atomic mass is 9.72.